The molecule has 0 bridgehead atoms. The Balaban J connectivity index is 1.46. The number of aromatic nitrogens is 3. The summed E-state index contributed by atoms with van der Waals surface area (Å²) >= 11 is 0. The van der Waals surface area contributed by atoms with Crippen LogP contribution in [-0.2, 0) is 30.1 Å². The number of hydrogen-bond acceptors (Lipinski definition) is 11. The van der Waals surface area contributed by atoms with Crippen LogP contribution in [-0.4, -0.2) is 88.8 Å². The number of amides is 2. The van der Waals surface area contributed by atoms with Gasteiger partial charge in [0.05, 0.1) is 28.6 Å². The van der Waals surface area contributed by atoms with E-state index >= 15 is 32.3 Å². The van der Waals surface area contributed by atoms with Crippen molar-refractivity contribution >= 4 is 68.2 Å². The fourth-order valence-corrected chi connectivity index (χ4v) is 11.3. The fourth-order valence-electron chi connectivity index (χ4n) is 11.3. The zero-order valence-corrected chi connectivity index (χ0v) is 46.9. The van der Waals surface area contributed by atoms with E-state index in [0.29, 0.717) is 36.4 Å². The third kappa shape index (κ3) is 10.0. The van der Waals surface area contributed by atoms with Crippen molar-refractivity contribution in [2.24, 2.45) is 0 Å². The molecule has 4 atom stereocenters. The zero-order chi connectivity index (χ0) is 62.8. The van der Waals surface area contributed by atoms with E-state index < -0.39 is 164 Å². The molecule has 0 spiro atoms. The average Bonchev–Trinajstić information content (AvgIpc) is 1.60. The maximum Gasteiger partial charge on any atom is 0.317 e. The molecule has 16 nitrogen and oxygen atoms in total. The molecule has 0 aliphatic heterocycles. The molecule has 6 aromatic carbocycles. The van der Waals surface area contributed by atoms with Crippen LogP contribution in [0.5, 0.6) is 17.2 Å². The topological polar surface area (TPSA) is 231 Å². The van der Waals surface area contributed by atoms with E-state index in [1.54, 1.807) is 13.8 Å². The highest BCUT2D eigenvalue weighted by Crippen LogP contribution is 2.53. The Morgan fingerprint density at radius 1 is 0.558 bits per heavy atom. The summed E-state index contributed by atoms with van der Waals surface area (Å²) in [5, 5.41) is 48.8. The van der Waals surface area contributed by atoms with Crippen molar-refractivity contribution in [3.8, 4) is 17.2 Å². The lowest BCUT2D eigenvalue weighted by molar-refractivity contribution is -0.180. The van der Waals surface area contributed by atoms with Crippen molar-refractivity contribution in [3.63, 3.8) is 0 Å². The number of aromatic hydroxyl groups is 3. The molecule has 0 saturated carbocycles. The lowest BCUT2D eigenvalue weighted by Gasteiger charge is -2.41. The molecule has 6 N–H and O–H groups in total. The summed E-state index contributed by atoms with van der Waals surface area (Å²) in [4.78, 5) is 94.0. The maximum atomic E-state index is 16.6. The van der Waals surface area contributed by atoms with Crippen molar-refractivity contribution in [3.05, 3.63) is 194 Å². The van der Waals surface area contributed by atoms with Gasteiger partial charge in [-0.2, -0.15) is 0 Å². The van der Waals surface area contributed by atoms with Gasteiger partial charge in [0.1, 0.15) is 17.4 Å². The summed E-state index contributed by atoms with van der Waals surface area (Å²) in [6, 6.07) is 14.2. The molecular formula is C63H54F7N5O11. The molecule has 2 amide bonds. The molecule has 3 heterocycles. The van der Waals surface area contributed by atoms with Crippen molar-refractivity contribution in [1.29, 1.82) is 0 Å². The van der Waals surface area contributed by atoms with Crippen molar-refractivity contribution < 1.29 is 84.7 Å². The van der Waals surface area contributed by atoms with Crippen LogP contribution in [0.1, 0.15) is 111 Å². The minimum absolute atomic E-state index is 0.146. The number of phenolic OH excluding ortho intramolecular Hbond substituents is 3. The second-order valence-electron chi connectivity index (χ2n) is 21.0. The summed E-state index contributed by atoms with van der Waals surface area (Å²) in [7, 11) is 0. The molecule has 446 valence electrons. The van der Waals surface area contributed by atoms with E-state index in [1.165, 1.54) is 46.8 Å². The van der Waals surface area contributed by atoms with Crippen LogP contribution in [0.15, 0.2) is 103 Å². The molecule has 9 rings (SSSR count). The van der Waals surface area contributed by atoms with Gasteiger partial charge in [-0.3, -0.25) is 42.5 Å². The van der Waals surface area contributed by atoms with E-state index in [0.717, 1.165) is 68.3 Å². The number of nitrogens with one attached hydrogen (secondary N) is 2. The molecule has 0 saturated heterocycles. The molecule has 23 heteroatoms. The number of halogens is 7. The second kappa shape index (κ2) is 23.0. The third-order valence-electron chi connectivity index (χ3n) is 15.8. The Kier molecular flexibility index (Phi) is 16.3. The molecule has 0 aliphatic carbocycles. The number of rotatable bonds is 16. The van der Waals surface area contributed by atoms with Gasteiger partial charge in [0.2, 0.25) is 11.5 Å². The Morgan fingerprint density at radius 3 is 1.49 bits per heavy atom. The first kappa shape index (κ1) is 60.8. The Morgan fingerprint density at radius 2 is 1.01 bits per heavy atom. The van der Waals surface area contributed by atoms with Crippen LogP contribution < -0.4 is 10.6 Å². The van der Waals surface area contributed by atoms with Crippen LogP contribution in [0.2, 0.25) is 0 Å². The second-order valence-corrected chi connectivity index (χ2v) is 21.0. The number of fused-ring (bicyclic) bond motifs is 3. The van der Waals surface area contributed by atoms with Crippen molar-refractivity contribution in [2.75, 3.05) is 13.2 Å². The van der Waals surface area contributed by atoms with E-state index in [4.69, 9.17) is 4.74 Å². The van der Waals surface area contributed by atoms with Gasteiger partial charge in [-0.1, -0.05) is 13.8 Å². The number of aliphatic hydroxyl groups is 1. The van der Waals surface area contributed by atoms with Gasteiger partial charge in [0.25, 0.3) is 23.6 Å². The normalized spacial score (nSPS) is 13.8. The third-order valence-corrected chi connectivity index (χ3v) is 15.8. The standard InChI is InChI=1S/C63H54F7N5O11/c1-8-29(3)72-56(80)55(52-30(4)73(48-18-13-36(77)25-38(48)52)57(81)33-10-15-41(64)44(67)22-33)63(60(84)71-20-21-76,54-32(6)74(49-19-14-37(78)26-39(49)54)58(82)34-11-16-42(65)45(68)23-34)86-61(85)62(7,9-2)53-31(5)75(50-28-47(70)51(79)27-40(50)53)59(83)35-12-17-43(66)46(69)24-35/h10-19,22-29,55,76-79H,8-9,20-21H2,1-7H3,(H,71,84)(H,72,80). The van der Waals surface area contributed by atoms with Crippen molar-refractivity contribution in [1.82, 2.24) is 24.3 Å². The van der Waals surface area contributed by atoms with Crippen LogP contribution in [0.25, 0.3) is 32.7 Å². The summed E-state index contributed by atoms with van der Waals surface area (Å²) < 4.78 is 114. The minimum atomic E-state index is -3.42. The molecule has 86 heavy (non-hydrogen) atoms. The first-order valence-electron chi connectivity index (χ1n) is 26.8. The lowest BCUT2D eigenvalue weighted by atomic mass is 9.72. The SMILES string of the molecule is CCC(C)NC(=O)C(c1c(C)n(C(=O)c2ccc(F)c(F)c2)c2ccc(O)cc12)C(OC(=O)C(C)(CC)c1c(C)n(C(=O)c2ccc(F)c(F)c2)c2cc(F)c(O)cc12)(C(=O)NCCO)c1c(C)n(C(=O)c2ccc(F)c(F)c2)c2ccc(O)cc12. The average molecular weight is 1190 g/mol. The molecule has 0 radical (unpaired) electrons. The molecule has 9 aromatic rings. The summed E-state index contributed by atoms with van der Waals surface area (Å²) in [5.74, 6) is -21.5. The zero-order valence-electron chi connectivity index (χ0n) is 46.9. The number of phenols is 3. The predicted octanol–water partition coefficient (Wildman–Crippen LogP) is 10.5. The number of nitrogens with zero attached hydrogens (tertiary/aromatic N) is 3. The van der Waals surface area contributed by atoms with Gasteiger partial charge in [0, 0.05) is 74.1 Å². The number of aliphatic hydroxyl groups excluding tert-OH is 1. The summed E-state index contributed by atoms with van der Waals surface area (Å²) in [6.07, 6.45) is -0.229. The van der Waals surface area contributed by atoms with Crippen LogP contribution in [0, 0.1) is 61.5 Å². The Hall–Kier alpha value is -9.77. The van der Waals surface area contributed by atoms with E-state index in [-0.39, 0.29) is 61.8 Å². The van der Waals surface area contributed by atoms with Crippen LogP contribution in [0.4, 0.5) is 30.7 Å². The van der Waals surface area contributed by atoms with Gasteiger partial charge < -0.3 is 35.8 Å². The molecule has 0 fully saturated rings. The molecule has 3 aromatic heterocycles. The van der Waals surface area contributed by atoms with E-state index in [1.807, 2.05) is 0 Å². The first-order valence-corrected chi connectivity index (χ1v) is 26.8. The monoisotopic (exact) mass is 1190 g/mol. The highest BCUT2D eigenvalue weighted by atomic mass is 19.2. The number of carbonyl (C=O) groups is 6. The minimum Gasteiger partial charge on any atom is -0.508 e. The molecule has 0 aliphatic rings. The van der Waals surface area contributed by atoms with Gasteiger partial charge in [0.15, 0.2) is 46.5 Å². The summed E-state index contributed by atoms with van der Waals surface area (Å²) in [5.41, 5.74) is -9.87. The van der Waals surface area contributed by atoms with E-state index in [2.05, 4.69) is 10.6 Å². The van der Waals surface area contributed by atoms with Gasteiger partial charge in [-0.25, -0.2) is 30.7 Å². The Labute approximate surface area is 484 Å². The smallest absolute Gasteiger partial charge is 0.317 e. The van der Waals surface area contributed by atoms with Crippen LogP contribution in [0.3, 0.4) is 0 Å². The first-order chi connectivity index (χ1) is 40.7. The van der Waals surface area contributed by atoms with Gasteiger partial charge in [-0.05, 0) is 156 Å². The predicted molar refractivity (Wildman–Crippen MR) is 299 cm³/mol. The number of benzene rings is 6. The maximum absolute atomic E-state index is 16.6. The highest BCUT2D eigenvalue weighted by molar-refractivity contribution is 6.12. The van der Waals surface area contributed by atoms with Crippen molar-refractivity contribution in [2.45, 2.75) is 84.3 Å². The quantitative estimate of drug-likeness (QED) is 0.0394. The number of hydrogen-bond donors (Lipinski definition) is 6. The Bertz CT molecular complexity index is 4340. The largest absolute Gasteiger partial charge is 0.508 e. The van der Waals surface area contributed by atoms with Crippen LogP contribution >= 0.6 is 0 Å². The highest BCUT2D eigenvalue weighted by Gasteiger charge is 2.60. The summed E-state index contributed by atoms with van der Waals surface area (Å²) in [6.45, 7) is 8.24. The van der Waals surface area contributed by atoms with Gasteiger partial charge in [-0.15, -0.1) is 0 Å². The van der Waals surface area contributed by atoms with Gasteiger partial charge >= 0.3 is 5.97 Å². The van der Waals surface area contributed by atoms with E-state index in [9.17, 15) is 47.6 Å². The fraction of sp³-hybridized carbons (Fsp3) is 0.238. The molecular weight excluding hydrogens is 1140 g/mol. The lowest BCUT2D eigenvalue weighted by Crippen LogP contribution is -2.58. The number of ether oxygens (including phenoxy) is 1. The number of carbonyl (C=O) groups excluding carboxylic acids is 6. The number of esters is 1. The molecule has 4 unspecified atom stereocenters.